The highest BCUT2D eigenvalue weighted by Crippen LogP contribution is 2.05. The molecule has 94 valence electrons. The normalized spacial score (nSPS) is 10.8. The Kier molecular flexibility index (Phi) is 3.84. The summed E-state index contributed by atoms with van der Waals surface area (Å²) in [6, 6.07) is 6.04. The molecule has 0 aliphatic carbocycles. The number of rotatable bonds is 4. The molecule has 0 unspecified atom stereocenters. The summed E-state index contributed by atoms with van der Waals surface area (Å²) in [5, 5.41) is 0. The first-order valence-electron chi connectivity index (χ1n) is 5.81. The number of nitrogen functional groups attached to an aromatic ring is 1. The third-order valence-corrected chi connectivity index (χ3v) is 2.54. The molecule has 0 spiro atoms. The van der Waals surface area contributed by atoms with Gasteiger partial charge in [-0.15, -0.1) is 0 Å². The molecule has 2 aromatic heterocycles. The number of anilines is 1. The van der Waals surface area contributed by atoms with Crippen molar-refractivity contribution in [1.82, 2.24) is 19.9 Å². The van der Waals surface area contributed by atoms with Crippen molar-refractivity contribution in [3.8, 4) is 0 Å². The lowest BCUT2D eigenvalue weighted by atomic mass is 10.3. The van der Waals surface area contributed by atoms with Gasteiger partial charge in [0.1, 0.15) is 5.82 Å². The van der Waals surface area contributed by atoms with Crippen LogP contribution in [0.15, 0.2) is 30.6 Å². The molecule has 0 aliphatic rings. The van der Waals surface area contributed by atoms with E-state index in [-0.39, 0.29) is 0 Å². The molecule has 0 aliphatic heterocycles. The van der Waals surface area contributed by atoms with Gasteiger partial charge in [-0.3, -0.25) is 14.9 Å². The topological polar surface area (TPSA) is 67.9 Å². The van der Waals surface area contributed by atoms with Gasteiger partial charge in [0.15, 0.2) is 0 Å². The smallest absolute Gasteiger partial charge is 0.141 e. The van der Waals surface area contributed by atoms with Gasteiger partial charge in [0.05, 0.1) is 23.8 Å². The van der Waals surface area contributed by atoms with E-state index in [9.17, 15) is 0 Å². The SMILES string of the molecule is Cc1cccc(CN(C)Cc2cnc(N)cn2)n1. The van der Waals surface area contributed by atoms with E-state index in [0.29, 0.717) is 5.82 Å². The second kappa shape index (κ2) is 5.55. The predicted molar refractivity (Wildman–Crippen MR) is 70.6 cm³/mol. The molecule has 0 saturated heterocycles. The number of aromatic nitrogens is 3. The summed E-state index contributed by atoms with van der Waals surface area (Å²) in [5.74, 6) is 0.446. The molecule has 5 nitrogen and oxygen atoms in total. The zero-order chi connectivity index (χ0) is 13.0. The Morgan fingerprint density at radius 3 is 2.56 bits per heavy atom. The lowest BCUT2D eigenvalue weighted by Gasteiger charge is -2.15. The molecule has 0 bridgehead atoms. The van der Waals surface area contributed by atoms with Crippen molar-refractivity contribution in [2.24, 2.45) is 0 Å². The fourth-order valence-corrected chi connectivity index (χ4v) is 1.74. The van der Waals surface area contributed by atoms with E-state index in [1.165, 1.54) is 0 Å². The Morgan fingerprint density at radius 1 is 1.11 bits per heavy atom. The van der Waals surface area contributed by atoms with Crippen LogP contribution in [0.2, 0.25) is 0 Å². The predicted octanol–water partition coefficient (Wildman–Crippen LogP) is 1.39. The lowest BCUT2D eigenvalue weighted by molar-refractivity contribution is 0.310. The minimum Gasteiger partial charge on any atom is -0.382 e. The number of aryl methyl sites for hydroxylation is 1. The van der Waals surface area contributed by atoms with Crippen LogP contribution in [-0.2, 0) is 13.1 Å². The summed E-state index contributed by atoms with van der Waals surface area (Å²) in [4.78, 5) is 14.9. The molecule has 18 heavy (non-hydrogen) atoms. The van der Waals surface area contributed by atoms with Crippen molar-refractivity contribution in [3.05, 3.63) is 47.7 Å². The van der Waals surface area contributed by atoms with Crippen LogP contribution in [0.4, 0.5) is 5.82 Å². The van der Waals surface area contributed by atoms with Crippen molar-refractivity contribution >= 4 is 5.82 Å². The molecule has 0 saturated carbocycles. The van der Waals surface area contributed by atoms with Gasteiger partial charge in [0.25, 0.3) is 0 Å². The van der Waals surface area contributed by atoms with E-state index < -0.39 is 0 Å². The number of hydrogen-bond donors (Lipinski definition) is 1. The zero-order valence-electron chi connectivity index (χ0n) is 10.7. The molecule has 5 heteroatoms. The van der Waals surface area contributed by atoms with Crippen molar-refractivity contribution in [2.75, 3.05) is 12.8 Å². The van der Waals surface area contributed by atoms with Gasteiger partial charge in [-0.25, -0.2) is 4.98 Å². The van der Waals surface area contributed by atoms with E-state index >= 15 is 0 Å². The Labute approximate surface area is 107 Å². The first-order chi connectivity index (χ1) is 8.63. The minimum atomic E-state index is 0.446. The van der Waals surface area contributed by atoms with E-state index in [2.05, 4.69) is 19.9 Å². The Bertz CT molecular complexity index is 509. The molecule has 0 aromatic carbocycles. The maximum atomic E-state index is 5.50. The number of nitrogens with zero attached hydrogens (tertiary/aromatic N) is 4. The van der Waals surface area contributed by atoms with E-state index in [1.54, 1.807) is 12.4 Å². The van der Waals surface area contributed by atoms with Gasteiger partial charge in [-0.2, -0.15) is 0 Å². The van der Waals surface area contributed by atoms with Crippen LogP contribution in [0, 0.1) is 6.92 Å². The van der Waals surface area contributed by atoms with Gasteiger partial charge in [0.2, 0.25) is 0 Å². The summed E-state index contributed by atoms with van der Waals surface area (Å²) >= 11 is 0. The molecule has 0 atom stereocenters. The van der Waals surface area contributed by atoms with Gasteiger partial charge < -0.3 is 5.73 Å². The Morgan fingerprint density at radius 2 is 1.89 bits per heavy atom. The summed E-state index contributed by atoms with van der Waals surface area (Å²) in [6.07, 6.45) is 3.28. The fourth-order valence-electron chi connectivity index (χ4n) is 1.74. The van der Waals surface area contributed by atoms with Crippen LogP contribution in [0.3, 0.4) is 0 Å². The summed E-state index contributed by atoms with van der Waals surface area (Å²) in [5.41, 5.74) is 8.49. The molecule has 2 N–H and O–H groups in total. The minimum absolute atomic E-state index is 0.446. The number of hydrogen-bond acceptors (Lipinski definition) is 5. The number of nitrogens with two attached hydrogens (primary N) is 1. The fraction of sp³-hybridized carbons (Fsp3) is 0.308. The van der Waals surface area contributed by atoms with Crippen LogP contribution in [0.1, 0.15) is 17.1 Å². The largest absolute Gasteiger partial charge is 0.382 e. The molecule has 0 fully saturated rings. The molecular formula is C13H17N5. The van der Waals surface area contributed by atoms with Crippen LogP contribution >= 0.6 is 0 Å². The molecule has 0 radical (unpaired) electrons. The van der Waals surface area contributed by atoms with E-state index in [1.807, 2.05) is 32.2 Å². The second-order valence-corrected chi connectivity index (χ2v) is 4.38. The Balaban J connectivity index is 1.96. The summed E-state index contributed by atoms with van der Waals surface area (Å²) in [7, 11) is 2.03. The van der Waals surface area contributed by atoms with Crippen LogP contribution < -0.4 is 5.73 Å². The highest BCUT2D eigenvalue weighted by molar-refractivity contribution is 5.22. The molecule has 2 rings (SSSR count). The van der Waals surface area contributed by atoms with Crippen LogP contribution in [-0.4, -0.2) is 26.9 Å². The quantitative estimate of drug-likeness (QED) is 0.879. The Hall–Kier alpha value is -2.01. The third-order valence-electron chi connectivity index (χ3n) is 2.54. The van der Waals surface area contributed by atoms with Crippen molar-refractivity contribution in [1.29, 1.82) is 0 Å². The highest BCUT2D eigenvalue weighted by Gasteiger charge is 2.04. The zero-order valence-corrected chi connectivity index (χ0v) is 10.7. The van der Waals surface area contributed by atoms with Crippen LogP contribution in [0.5, 0.6) is 0 Å². The molecule has 0 amide bonds. The summed E-state index contributed by atoms with van der Waals surface area (Å²) < 4.78 is 0. The lowest BCUT2D eigenvalue weighted by Crippen LogP contribution is -2.19. The first-order valence-corrected chi connectivity index (χ1v) is 5.81. The van der Waals surface area contributed by atoms with Gasteiger partial charge in [0, 0.05) is 18.8 Å². The second-order valence-electron chi connectivity index (χ2n) is 4.38. The van der Waals surface area contributed by atoms with Crippen molar-refractivity contribution in [2.45, 2.75) is 20.0 Å². The average Bonchev–Trinajstić information content (AvgIpc) is 2.32. The van der Waals surface area contributed by atoms with Gasteiger partial charge >= 0.3 is 0 Å². The first kappa shape index (κ1) is 12.4. The van der Waals surface area contributed by atoms with Crippen LogP contribution in [0.25, 0.3) is 0 Å². The van der Waals surface area contributed by atoms with E-state index in [0.717, 1.165) is 30.2 Å². The standard InChI is InChI=1S/C13H17N5/c1-10-4-3-5-11(17-10)8-18(2)9-12-6-16-13(14)7-15-12/h3-7H,8-9H2,1-2H3,(H2,14,16). The maximum Gasteiger partial charge on any atom is 0.141 e. The molecule has 2 aromatic rings. The molecule has 2 heterocycles. The van der Waals surface area contributed by atoms with Crippen molar-refractivity contribution < 1.29 is 0 Å². The van der Waals surface area contributed by atoms with E-state index in [4.69, 9.17) is 5.73 Å². The van der Waals surface area contributed by atoms with Crippen molar-refractivity contribution in [3.63, 3.8) is 0 Å². The highest BCUT2D eigenvalue weighted by atomic mass is 15.1. The molecular weight excluding hydrogens is 226 g/mol. The maximum absolute atomic E-state index is 5.50. The monoisotopic (exact) mass is 243 g/mol. The third kappa shape index (κ3) is 3.49. The van der Waals surface area contributed by atoms with Gasteiger partial charge in [-0.1, -0.05) is 6.07 Å². The summed E-state index contributed by atoms with van der Waals surface area (Å²) in [6.45, 7) is 3.51. The average molecular weight is 243 g/mol. The number of pyridine rings is 1. The van der Waals surface area contributed by atoms with Gasteiger partial charge in [-0.05, 0) is 26.1 Å².